The van der Waals surface area contributed by atoms with E-state index < -0.39 is 18.0 Å². The van der Waals surface area contributed by atoms with Crippen molar-refractivity contribution in [1.29, 1.82) is 0 Å². The molecule has 0 fully saturated rings. The maximum Gasteiger partial charge on any atom is 0.340 e. The number of ether oxygens (including phenoxy) is 1. The highest BCUT2D eigenvalue weighted by Gasteiger charge is 2.21. The molecule has 0 saturated heterocycles. The minimum Gasteiger partial charge on any atom is -0.449 e. The molecule has 3 rings (SSSR count). The Morgan fingerprint density at radius 2 is 1.86 bits per heavy atom. The largest absolute Gasteiger partial charge is 0.449 e. The quantitative estimate of drug-likeness (QED) is 0.491. The lowest BCUT2D eigenvalue weighted by Gasteiger charge is -2.15. The van der Waals surface area contributed by atoms with Gasteiger partial charge >= 0.3 is 5.97 Å². The minimum atomic E-state index is -1.04. The van der Waals surface area contributed by atoms with Gasteiger partial charge in [0.25, 0.3) is 5.91 Å². The average molecular weight is 411 g/mol. The fraction of sp³-hybridized carbons (Fsp3) is 0.182. The van der Waals surface area contributed by atoms with Crippen LogP contribution in [0.1, 0.15) is 40.3 Å². The van der Waals surface area contributed by atoms with Crippen molar-refractivity contribution in [2.75, 3.05) is 5.32 Å². The summed E-state index contributed by atoms with van der Waals surface area (Å²) in [5.41, 5.74) is 2.39. The van der Waals surface area contributed by atoms with Gasteiger partial charge in [-0.3, -0.25) is 14.6 Å². The van der Waals surface area contributed by atoms with Gasteiger partial charge in [-0.05, 0) is 57.2 Å². The van der Waals surface area contributed by atoms with Crippen LogP contribution >= 0.6 is 11.6 Å². The molecule has 0 aliphatic heterocycles. The Kier molecular flexibility index (Phi) is 5.94. The van der Waals surface area contributed by atoms with Crippen LogP contribution in [0.2, 0.25) is 5.02 Å². The smallest absolute Gasteiger partial charge is 0.340 e. The predicted octanol–water partition coefficient (Wildman–Crippen LogP) is 4.58. The number of anilines is 1. The molecule has 2 aromatic carbocycles. The number of aryl methyl sites for hydroxylation is 1. The van der Waals surface area contributed by atoms with Crippen molar-refractivity contribution in [2.45, 2.75) is 26.9 Å². The second-order valence-electron chi connectivity index (χ2n) is 6.63. The topological polar surface area (TPSA) is 85.4 Å². The van der Waals surface area contributed by atoms with Crippen molar-refractivity contribution >= 4 is 45.9 Å². The zero-order valence-corrected chi connectivity index (χ0v) is 16.9. The van der Waals surface area contributed by atoms with Crippen molar-refractivity contribution < 1.29 is 19.1 Å². The first-order valence-electron chi connectivity index (χ1n) is 8.94. The maximum absolute atomic E-state index is 12.6. The Hall–Kier alpha value is -3.25. The molecular weight excluding hydrogens is 392 g/mol. The molecule has 148 valence electrons. The number of pyridine rings is 1. The second kappa shape index (κ2) is 8.41. The van der Waals surface area contributed by atoms with E-state index in [0.717, 1.165) is 0 Å². The van der Waals surface area contributed by atoms with Crippen LogP contribution in [0.25, 0.3) is 10.9 Å². The van der Waals surface area contributed by atoms with Gasteiger partial charge in [0, 0.05) is 21.7 Å². The van der Waals surface area contributed by atoms with Crippen molar-refractivity contribution in [3.05, 3.63) is 70.4 Å². The molecule has 1 atom stereocenters. The molecule has 29 heavy (non-hydrogen) atoms. The number of halogens is 1. The zero-order chi connectivity index (χ0) is 21.1. The van der Waals surface area contributed by atoms with E-state index in [0.29, 0.717) is 32.9 Å². The average Bonchev–Trinajstić information content (AvgIpc) is 2.67. The van der Waals surface area contributed by atoms with Crippen LogP contribution in [0, 0.1) is 6.92 Å². The van der Waals surface area contributed by atoms with E-state index in [1.807, 2.05) is 0 Å². The summed E-state index contributed by atoms with van der Waals surface area (Å²) >= 11 is 6.01. The van der Waals surface area contributed by atoms with Gasteiger partial charge in [0.05, 0.1) is 16.8 Å². The molecule has 6 nitrogen and oxygen atoms in total. The zero-order valence-electron chi connectivity index (χ0n) is 16.2. The Bertz CT molecular complexity index is 1130. The number of esters is 1. The fourth-order valence-electron chi connectivity index (χ4n) is 2.79. The normalized spacial score (nSPS) is 11.7. The van der Waals surface area contributed by atoms with Crippen LogP contribution in [0.3, 0.4) is 0 Å². The first-order chi connectivity index (χ1) is 13.7. The van der Waals surface area contributed by atoms with Crippen LogP contribution < -0.4 is 5.32 Å². The Labute approximate surface area is 172 Å². The SMILES string of the molecule is CC(=O)c1cccc(NC(=O)C(C)OC(=O)c2cc3cc(Cl)ccc3nc2C)c1. The van der Waals surface area contributed by atoms with Crippen LogP contribution in [0.4, 0.5) is 5.69 Å². The number of nitrogens with zero attached hydrogens (tertiary/aromatic N) is 1. The summed E-state index contributed by atoms with van der Waals surface area (Å²) in [6.07, 6.45) is -1.04. The molecular formula is C22H19ClN2O4. The van der Waals surface area contributed by atoms with Crippen LogP contribution in [-0.4, -0.2) is 28.7 Å². The number of nitrogens with one attached hydrogen (secondary N) is 1. The summed E-state index contributed by atoms with van der Waals surface area (Å²) in [5.74, 6) is -1.27. The highest BCUT2D eigenvalue weighted by Crippen LogP contribution is 2.21. The number of amides is 1. The number of benzene rings is 2. The van der Waals surface area contributed by atoms with E-state index in [9.17, 15) is 14.4 Å². The number of Topliss-reactive ketones (excluding diaryl/α,β-unsaturated/α-hetero) is 1. The van der Waals surface area contributed by atoms with E-state index in [1.54, 1.807) is 55.5 Å². The number of carbonyl (C=O) groups is 3. The number of carbonyl (C=O) groups excluding carboxylic acids is 3. The monoisotopic (exact) mass is 410 g/mol. The van der Waals surface area contributed by atoms with Gasteiger partial charge in [-0.2, -0.15) is 0 Å². The molecule has 0 aliphatic carbocycles. The Morgan fingerprint density at radius 3 is 2.59 bits per heavy atom. The van der Waals surface area contributed by atoms with Gasteiger partial charge < -0.3 is 10.1 Å². The number of hydrogen-bond acceptors (Lipinski definition) is 5. The third-order valence-electron chi connectivity index (χ3n) is 4.38. The van der Waals surface area contributed by atoms with Crippen LogP contribution in [0.5, 0.6) is 0 Å². The standard InChI is InChI=1S/C22H19ClN2O4/c1-12-19(11-16-9-17(23)7-8-20(16)24-12)22(28)29-14(3)21(27)25-18-6-4-5-15(10-18)13(2)26/h4-11,14H,1-3H3,(H,25,27). The van der Waals surface area contributed by atoms with E-state index in [1.165, 1.54) is 13.8 Å². The third kappa shape index (κ3) is 4.78. The van der Waals surface area contributed by atoms with Gasteiger partial charge in [0.1, 0.15) is 0 Å². The van der Waals surface area contributed by atoms with E-state index in [2.05, 4.69) is 10.3 Å². The third-order valence-corrected chi connectivity index (χ3v) is 4.61. The van der Waals surface area contributed by atoms with Gasteiger partial charge in [-0.1, -0.05) is 23.7 Å². The lowest BCUT2D eigenvalue weighted by molar-refractivity contribution is -0.123. The lowest BCUT2D eigenvalue weighted by atomic mass is 10.1. The molecule has 0 aliphatic rings. The van der Waals surface area contributed by atoms with Gasteiger partial charge in [-0.15, -0.1) is 0 Å². The molecule has 1 unspecified atom stereocenters. The minimum absolute atomic E-state index is 0.111. The van der Waals surface area contributed by atoms with Crippen molar-refractivity contribution in [2.24, 2.45) is 0 Å². The van der Waals surface area contributed by atoms with Gasteiger partial charge in [0.2, 0.25) is 0 Å². The molecule has 1 amide bonds. The molecule has 0 saturated carbocycles. The summed E-state index contributed by atoms with van der Waals surface area (Å²) in [6.45, 7) is 4.61. The highest BCUT2D eigenvalue weighted by molar-refractivity contribution is 6.31. The van der Waals surface area contributed by atoms with E-state index in [-0.39, 0.29) is 11.3 Å². The molecule has 3 aromatic rings. The Morgan fingerprint density at radius 1 is 1.10 bits per heavy atom. The Balaban J connectivity index is 1.74. The molecule has 1 heterocycles. The molecule has 1 aromatic heterocycles. The molecule has 1 N–H and O–H groups in total. The number of rotatable bonds is 5. The molecule has 0 radical (unpaired) electrons. The van der Waals surface area contributed by atoms with E-state index in [4.69, 9.17) is 16.3 Å². The van der Waals surface area contributed by atoms with E-state index >= 15 is 0 Å². The maximum atomic E-state index is 12.6. The molecule has 7 heteroatoms. The summed E-state index contributed by atoms with van der Waals surface area (Å²) in [5, 5.41) is 3.88. The second-order valence-corrected chi connectivity index (χ2v) is 7.07. The number of ketones is 1. The number of fused-ring (bicyclic) bond motifs is 1. The number of hydrogen-bond donors (Lipinski definition) is 1. The summed E-state index contributed by atoms with van der Waals surface area (Å²) in [4.78, 5) is 40.8. The van der Waals surface area contributed by atoms with Crippen LogP contribution in [0.15, 0.2) is 48.5 Å². The molecule has 0 bridgehead atoms. The first kappa shape index (κ1) is 20.5. The van der Waals surface area contributed by atoms with Crippen molar-refractivity contribution in [3.63, 3.8) is 0 Å². The van der Waals surface area contributed by atoms with Crippen molar-refractivity contribution in [1.82, 2.24) is 4.98 Å². The summed E-state index contributed by atoms with van der Waals surface area (Å²) < 4.78 is 5.32. The predicted molar refractivity (Wildman–Crippen MR) is 111 cm³/mol. The first-order valence-corrected chi connectivity index (χ1v) is 9.32. The highest BCUT2D eigenvalue weighted by atomic mass is 35.5. The summed E-state index contributed by atoms with van der Waals surface area (Å²) in [6, 6.07) is 13.4. The molecule has 0 spiro atoms. The number of aromatic nitrogens is 1. The fourth-order valence-corrected chi connectivity index (χ4v) is 2.97. The lowest BCUT2D eigenvalue weighted by Crippen LogP contribution is -2.30. The van der Waals surface area contributed by atoms with Gasteiger partial charge in [-0.25, -0.2) is 4.79 Å². The van der Waals surface area contributed by atoms with Gasteiger partial charge in [0.15, 0.2) is 11.9 Å². The summed E-state index contributed by atoms with van der Waals surface area (Å²) in [7, 11) is 0. The van der Waals surface area contributed by atoms with Crippen LogP contribution in [-0.2, 0) is 9.53 Å². The van der Waals surface area contributed by atoms with Crippen molar-refractivity contribution in [3.8, 4) is 0 Å².